The second-order valence-corrected chi connectivity index (χ2v) is 4.98. The minimum absolute atomic E-state index is 0.114. The lowest BCUT2D eigenvalue weighted by atomic mass is 9.85. The van der Waals surface area contributed by atoms with Crippen LogP contribution in [0.15, 0.2) is 0 Å². The molecule has 78 valence electrons. The van der Waals surface area contributed by atoms with Gasteiger partial charge in [0.05, 0.1) is 0 Å². The van der Waals surface area contributed by atoms with Crippen molar-refractivity contribution in [3.05, 3.63) is 0 Å². The third kappa shape index (κ3) is 4.04. The van der Waals surface area contributed by atoms with Gasteiger partial charge in [-0.25, -0.2) is 9.86 Å². The molecule has 0 aromatic carbocycles. The molecule has 13 heavy (non-hydrogen) atoms. The van der Waals surface area contributed by atoms with Gasteiger partial charge in [0.25, 0.3) is 10.2 Å². The Bertz CT molecular complexity index is 252. The highest BCUT2D eigenvalue weighted by Crippen LogP contribution is 2.22. The van der Waals surface area contributed by atoms with E-state index >= 15 is 0 Å². The maximum Gasteiger partial charge on any atom is 0.274 e. The number of rotatable bonds is 3. The van der Waals surface area contributed by atoms with Crippen LogP contribution in [0, 0.1) is 5.92 Å². The minimum Gasteiger partial charge on any atom is -0.327 e. The molecule has 5 nitrogen and oxygen atoms in total. The Hall–Kier alpha value is -0.170. The van der Waals surface area contributed by atoms with Crippen molar-refractivity contribution in [3.8, 4) is 0 Å². The lowest BCUT2D eigenvalue weighted by Gasteiger charge is -2.28. The summed E-state index contributed by atoms with van der Waals surface area (Å²) in [6, 6.07) is 0.114. The first-order chi connectivity index (χ1) is 5.99. The van der Waals surface area contributed by atoms with Gasteiger partial charge in [0.15, 0.2) is 0 Å². The molecule has 0 amide bonds. The van der Waals surface area contributed by atoms with Gasteiger partial charge in [-0.1, -0.05) is 12.8 Å². The van der Waals surface area contributed by atoms with E-state index in [1.807, 2.05) is 0 Å². The molecule has 5 N–H and O–H groups in total. The molecule has 2 atom stereocenters. The predicted octanol–water partition coefficient (Wildman–Crippen LogP) is -0.703. The zero-order valence-corrected chi connectivity index (χ0v) is 8.39. The Morgan fingerprint density at radius 2 is 1.92 bits per heavy atom. The van der Waals surface area contributed by atoms with E-state index in [0.717, 1.165) is 25.7 Å². The van der Waals surface area contributed by atoms with Crippen LogP contribution in [0.25, 0.3) is 0 Å². The molecule has 0 radical (unpaired) electrons. The van der Waals surface area contributed by atoms with Crippen LogP contribution < -0.4 is 15.6 Å². The second-order valence-electron chi connectivity index (χ2n) is 3.60. The summed E-state index contributed by atoms with van der Waals surface area (Å²) in [4.78, 5) is 0. The summed E-state index contributed by atoms with van der Waals surface area (Å²) in [7, 11) is -3.55. The second kappa shape index (κ2) is 4.36. The van der Waals surface area contributed by atoms with Crippen molar-refractivity contribution in [2.24, 2.45) is 16.8 Å². The fraction of sp³-hybridized carbons (Fsp3) is 1.00. The quantitative estimate of drug-likeness (QED) is 0.570. The molecule has 1 aliphatic carbocycles. The summed E-state index contributed by atoms with van der Waals surface area (Å²) in [5.74, 6) is 0.243. The van der Waals surface area contributed by atoms with Gasteiger partial charge in [-0.05, 0) is 18.8 Å². The first kappa shape index (κ1) is 10.9. The van der Waals surface area contributed by atoms with Crippen molar-refractivity contribution in [1.82, 2.24) is 4.72 Å². The number of hydrogen-bond donors (Lipinski definition) is 3. The summed E-state index contributed by atoms with van der Waals surface area (Å²) >= 11 is 0. The largest absolute Gasteiger partial charge is 0.327 e. The van der Waals surface area contributed by atoms with Crippen molar-refractivity contribution in [1.29, 1.82) is 0 Å². The zero-order valence-electron chi connectivity index (χ0n) is 7.57. The summed E-state index contributed by atoms with van der Waals surface area (Å²) in [5.41, 5.74) is 5.83. The fourth-order valence-corrected chi connectivity index (χ4v) is 2.16. The van der Waals surface area contributed by atoms with Crippen LogP contribution in [0.1, 0.15) is 25.7 Å². The molecule has 1 rings (SSSR count). The molecular weight excluding hydrogens is 190 g/mol. The van der Waals surface area contributed by atoms with E-state index in [4.69, 9.17) is 10.9 Å². The molecule has 0 bridgehead atoms. The van der Waals surface area contributed by atoms with Crippen molar-refractivity contribution in [2.45, 2.75) is 31.7 Å². The van der Waals surface area contributed by atoms with E-state index in [-0.39, 0.29) is 12.0 Å². The molecule has 0 aliphatic heterocycles. The van der Waals surface area contributed by atoms with Crippen molar-refractivity contribution in [2.75, 3.05) is 6.54 Å². The van der Waals surface area contributed by atoms with E-state index < -0.39 is 10.2 Å². The highest BCUT2D eigenvalue weighted by molar-refractivity contribution is 7.87. The maximum atomic E-state index is 10.6. The van der Waals surface area contributed by atoms with E-state index in [1.54, 1.807) is 0 Å². The van der Waals surface area contributed by atoms with Crippen molar-refractivity contribution in [3.63, 3.8) is 0 Å². The molecule has 0 spiro atoms. The SMILES string of the molecule is NC1CCCCC1CNS(N)(=O)=O. The number of hydrogen-bond acceptors (Lipinski definition) is 3. The lowest BCUT2D eigenvalue weighted by Crippen LogP contribution is -2.42. The van der Waals surface area contributed by atoms with Crippen molar-refractivity contribution >= 4 is 10.2 Å². The van der Waals surface area contributed by atoms with E-state index in [0.29, 0.717) is 6.54 Å². The van der Waals surface area contributed by atoms with Gasteiger partial charge in [0, 0.05) is 12.6 Å². The Labute approximate surface area is 79.0 Å². The third-order valence-electron chi connectivity index (χ3n) is 2.51. The zero-order chi connectivity index (χ0) is 9.90. The summed E-state index contributed by atoms with van der Waals surface area (Å²) in [5, 5.41) is 4.82. The molecule has 6 heteroatoms. The monoisotopic (exact) mass is 207 g/mol. The number of nitrogens with two attached hydrogens (primary N) is 2. The Morgan fingerprint density at radius 1 is 1.31 bits per heavy atom. The normalized spacial score (nSPS) is 30.3. The molecule has 1 aliphatic rings. The molecule has 0 saturated heterocycles. The lowest BCUT2D eigenvalue weighted by molar-refractivity contribution is 0.308. The highest BCUT2D eigenvalue weighted by Gasteiger charge is 2.22. The maximum absolute atomic E-state index is 10.6. The van der Waals surface area contributed by atoms with Crippen LogP contribution in [0.4, 0.5) is 0 Å². The molecule has 0 aromatic rings. The van der Waals surface area contributed by atoms with E-state index in [1.165, 1.54) is 0 Å². The first-order valence-corrected chi connectivity index (χ1v) is 6.06. The highest BCUT2D eigenvalue weighted by atomic mass is 32.2. The minimum atomic E-state index is -3.55. The Morgan fingerprint density at radius 3 is 2.46 bits per heavy atom. The summed E-state index contributed by atoms with van der Waals surface area (Å²) in [6.45, 7) is 0.375. The molecule has 1 fully saturated rings. The van der Waals surface area contributed by atoms with Gasteiger partial charge in [-0.3, -0.25) is 0 Å². The third-order valence-corrected chi connectivity index (χ3v) is 3.08. The fourth-order valence-electron chi connectivity index (χ4n) is 1.71. The molecular formula is C7H17N3O2S. The Kier molecular flexibility index (Phi) is 3.66. The van der Waals surface area contributed by atoms with Gasteiger partial charge in [0.2, 0.25) is 0 Å². The average Bonchev–Trinajstić information content (AvgIpc) is 2.01. The van der Waals surface area contributed by atoms with Gasteiger partial charge in [-0.15, -0.1) is 0 Å². The molecule has 2 unspecified atom stereocenters. The Balaban J connectivity index is 2.35. The average molecular weight is 207 g/mol. The summed E-state index contributed by atoms with van der Waals surface area (Å²) < 4.78 is 23.5. The van der Waals surface area contributed by atoms with Crippen LogP contribution in [-0.4, -0.2) is 21.0 Å². The predicted molar refractivity (Wildman–Crippen MR) is 51.0 cm³/mol. The van der Waals surface area contributed by atoms with Gasteiger partial charge >= 0.3 is 0 Å². The van der Waals surface area contributed by atoms with Crippen molar-refractivity contribution < 1.29 is 8.42 Å². The number of nitrogens with one attached hydrogen (secondary N) is 1. The summed E-state index contributed by atoms with van der Waals surface area (Å²) in [6.07, 6.45) is 4.25. The van der Waals surface area contributed by atoms with E-state index in [2.05, 4.69) is 4.72 Å². The van der Waals surface area contributed by atoms with Crippen LogP contribution in [0.3, 0.4) is 0 Å². The van der Waals surface area contributed by atoms with Gasteiger partial charge in [0.1, 0.15) is 0 Å². The smallest absolute Gasteiger partial charge is 0.274 e. The van der Waals surface area contributed by atoms with Crippen LogP contribution in [0.5, 0.6) is 0 Å². The first-order valence-electron chi connectivity index (χ1n) is 4.52. The van der Waals surface area contributed by atoms with Crippen LogP contribution in [-0.2, 0) is 10.2 Å². The van der Waals surface area contributed by atoms with Gasteiger partial charge in [-0.2, -0.15) is 8.42 Å². The van der Waals surface area contributed by atoms with E-state index in [9.17, 15) is 8.42 Å². The molecule has 1 saturated carbocycles. The van der Waals surface area contributed by atoms with Crippen LogP contribution >= 0.6 is 0 Å². The topological polar surface area (TPSA) is 98.2 Å². The molecule has 0 aromatic heterocycles. The van der Waals surface area contributed by atoms with Crippen LogP contribution in [0.2, 0.25) is 0 Å². The molecule has 0 heterocycles. The van der Waals surface area contributed by atoms with Gasteiger partial charge < -0.3 is 5.73 Å². The standard InChI is InChI=1S/C7H17N3O2S/c8-7-4-2-1-3-6(7)5-10-13(9,11)12/h6-7,10H,1-5,8H2,(H2,9,11,12).